The highest BCUT2D eigenvalue weighted by molar-refractivity contribution is 6.18. The zero-order chi connectivity index (χ0) is 27.2. The van der Waals surface area contributed by atoms with Gasteiger partial charge in [-0.1, -0.05) is 140 Å². The third kappa shape index (κ3) is 3.97. The Morgan fingerprint density at radius 2 is 0.902 bits per heavy atom. The molecule has 0 aliphatic heterocycles. The number of para-hydroxylation sites is 1. The van der Waals surface area contributed by atoms with E-state index in [0.717, 1.165) is 33.1 Å². The first-order valence-electron chi connectivity index (χ1n) is 13.7. The van der Waals surface area contributed by atoms with Gasteiger partial charge in [0.25, 0.3) is 0 Å². The third-order valence-electron chi connectivity index (χ3n) is 7.67. The van der Waals surface area contributed by atoms with Gasteiger partial charge in [-0.25, -0.2) is 4.98 Å². The lowest BCUT2D eigenvalue weighted by atomic mass is 10.0. The number of hydrogen-bond donors (Lipinski definition) is 0. The van der Waals surface area contributed by atoms with E-state index in [-0.39, 0.29) is 0 Å². The van der Waals surface area contributed by atoms with Crippen LogP contribution in [0.3, 0.4) is 0 Å². The van der Waals surface area contributed by atoms with Crippen LogP contribution in [-0.4, -0.2) is 19.5 Å². The molecule has 0 aliphatic rings. The Morgan fingerprint density at radius 1 is 0.366 bits per heavy atom. The summed E-state index contributed by atoms with van der Waals surface area (Å²) in [6, 6.07) is 50.3. The summed E-state index contributed by atoms with van der Waals surface area (Å²) in [4.78, 5) is 15.2. The number of nitrogens with zero attached hydrogens (tertiary/aromatic N) is 4. The molecule has 0 radical (unpaired) electrons. The summed E-state index contributed by atoms with van der Waals surface area (Å²) in [5.41, 5.74) is 6.38. The van der Waals surface area contributed by atoms with Crippen molar-refractivity contribution in [2.45, 2.75) is 0 Å². The van der Waals surface area contributed by atoms with E-state index in [1.54, 1.807) is 0 Å². The van der Waals surface area contributed by atoms with Crippen molar-refractivity contribution >= 4 is 32.6 Å². The second-order valence-corrected chi connectivity index (χ2v) is 10.1. The monoisotopic (exact) mass is 524 g/mol. The van der Waals surface area contributed by atoms with Gasteiger partial charge >= 0.3 is 0 Å². The van der Waals surface area contributed by atoms with Crippen LogP contribution in [0.1, 0.15) is 0 Å². The summed E-state index contributed by atoms with van der Waals surface area (Å²) in [6.45, 7) is 0. The molecule has 0 atom stereocenters. The van der Waals surface area contributed by atoms with E-state index < -0.39 is 0 Å². The summed E-state index contributed by atoms with van der Waals surface area (Å²) in [6.07, 6.45) is 0. The summed E-state index contributed by atoms with van der Waals surface area (Å²) in [5, 5.41) is 4.69. The predicted octanol–water partition coefficient (Wildman–Crippen LogP) is 9.12. The minimum Gasteiger partial charge on any atom is -0.277 e. The van der Waals surface area contributed by atoms with Crippen molar-refractivity contribution in [3.05, 3.63) is 146 Å². The molecule has 41 heavy (non-hydrogen) atoms. The van der Waals surface area contributed by atoms with Gasteiger partial charge in [0.1, 0.15) is 0 Å². The topological polar surface area (TPSA) is 43.6 Å². The molecule has 4 nitrogen and oxygen atoms in total. The van der Waals surface area contributed by atoms with Gasteiger partial charge in [0, 0.05) is 27.3 Å². The largest absolute Gasteiger partial charge is 0.277 e. The van der Waals surface area contributed by atoms with Gasteiger partial charge in [-0.3, -0.25) is 4.57 Å². The molecule has 192 valence electrons. The standard InChI is InChI=1S/C37H24N4/c1-3-11-25(12-4-1)26-19-21-29(22-20-26)36-38-35(28-14-5-2-6-15-28)39-37(40-36)41-33-18-10-9-17-31(33)32-24-23-27-13-7-8-16-30(27)34(32)41/h1-24H. The first-order valence-corrected chi connectivity index (χ1v) is 13.7. The normalized spacial score (nSPS) is 11.4. The summed E-state index contributed by atoms with van der Waals surface area (Å²) in [5.74, 6) is 1.88. The lowest BCUT2D eigenvalue weighted by molar-refractivity contribution is 0.955. The minimum absolute atomic E-state index is 0.601. The van der Waals surface area contributed by atoms with Crippen LogP contribution in [0.4, 0.5) is 0 Å². The third-order valence-corrected chi connectivity index (χ3v) is 7.67. The second kappa shape index (κ2) is 9.54. The highest BCUT2D eigenvalue weighted by Crippen LogP contribution is 2.36. The number of aromatic nitrogens is 4. The number of hydrogen-bond acceptors (Lipinski definition) is 3. The van der Waals surface area contributed by atoms with Gasteiger partial charge in [-0.2, -0.15) is 9.97 Å². The summed E-state index contributed by atoms with van der Waals surface area (Å²) in [7, 11) is 0. The Labute approximate surface area is 237 Å². The molecule has 0 spiro atoms. The zero-order valence-corrected chi connectivity index (χ0v) is 22.1. The lowest BCUT2D eigenvalue weighted by Gasteiger charge is -2.12. The van der Waals surface area contributed by atoms with Crippen LogP contribution in [-0.2, 0) is 0 Å². The van der Waals surface area contributed by atoms with E-state index >= 15 is 0 Å². The number of benzene rings is 6. The van der Waals surface area contributed by atoms with E-state index in [1.165, 1.54) is 21.7 Å². The molecular weight excluding hydrogens is 500 g/mol. The van der Waals surface area contributed by atoms with E-state index in [2.05, 4.69) is 114 Å². The Bertz CT molecular complexity index is 2180. The Morgan fingerprint density at radius 3 is 1.63 bits per heavy atom. The van der Waals surface area contributed by atoms with Gasteiger partial charge in [0.2, 0.25) is 5.95 Å². The minimum atomic E-state index is 0.601. The maximum Gasteiger partial charge on any atom is 0.238 e. The Hall–Kier alpha value is -5.61. The second-order valence-electron chi connectivity index (χ2n) is 10.1. The van der Waals surface area contributed by atoms with Crippen molar-refractivity contribution in [1.82, 2.24) is 19.5 Å². The van der Waals surface area contributed by atoms with Crippen molar-refractivity contribution in [3.8, 4) is 39.9 Å². The van der Waals surface area contributed by atoms with Crippen molar-refractivity contribution < 1.29 is 0 Å². The van der Waals surface area contributed by atoms with Crippen molar-refractivity contribution in [2.24, 2.45) is 0 Å². The smallest absolute Gasteiger partial charge is 0.238 e. The molecular formula is C37H24N4. The molecule has 8 aromatic rings. The van der Waals surface area contributed by atoms with Gasteiger partial charge < -0.3 is 0 Å². The van der Waals surface area contributed by atoms with E-state index in [9.17, 15) is 0 Å². The average molecular weight is 525 g/mol. The fourth-order valence-electron chi connectivity index (χ4n) is 5.69. The van der Waals surface area contributed by atoms with Gasteiger partial charge in [0.05, 0.1) is 11.0 Å². The molecule has 0 fully saturated rings. The number of fused-ring (bicyclic) bond motifs is 5. The molecule has 0 aliphatic carbocycles. The van der Waals surface area contributed by atoms with Gasteiger partial charge in [-0.05, 0) is 22.6 Å². The van der Waals surface area contributed by atoms with Crippen LogP contribution in [0.5, 0.6) is 0 Å². The summed E-state index contributed by atoms with van der Waals surface area (Å²) >= 11 is 0. The molecule has 6 aromatic carbocycles. The van der Waals surface area contributed by atoms with E-state index in [1.807, 2.05) is 36.4 Å². The van der Waals surface area contributed by atoms with Crippen molar-refractivity contribution in [1.29, 1.82) is 0 Å². The highest BCUT2D eigenvalue weighted by atomic mass is 15.2. The fourth-order valence-corrected chi connectivity index (χ4v) is 5.69. The molecule has 0 saturated carbocycles. The Balaban J connectivity index is 1.40. The van der Waals surface area contributed by atoms with Gasteiger partial charge in [0.15, 0.2) is 11.6 Å². The fraction of sp³-hybridized carbons (Fsp3) is 0. The molecule has 0 amide bonds. The van der Waals surface area contributed by atoms with E-state index in [4.69, 9.17) is 15.0 Å². The van der Waals surface area contributed by atoms with Crippen molar-refractivity contribution in [3.63, 3.8) is 0 Å². The molecule has 2 heterocycles. The van der Waals surface area contributed by atoms with E-state index in [0.29, 0.717) is 17.6 Å². The highest BCUT2D eigenvalue weighted by Gasteiger charge is 2.19. The van der Waals surface area contributed by atoms with Crippen LogP contribution < -0.4 is 0 Å². The van der Waals surface area contributed by atoms with Crippen LogP contribution >= 0.6 is 0 Å². The molecule has 4 heteroatoms. The molecule has 0 N–H and O–H groups in total. The van der Waals surface area contributed by atoms with Crippen LogP contribution in [0.2, 0.25) is 0 Å². The first-order chi connectivity index (χ1) is 20.3. The van der Waals surface area contributed by atoms with Crippen LogP contribution in [0.25, 0.3) is 72.4 Å². The van der Waals surface area contributed by atoms with Crippen molar-refractivity contribution in [2.75, 3.05) is 0 Å². The van der Waals surface area contributed by atoms with Crippen LogP contribution in [0, 0.1) is 0 Å². The predicted molar refractivity (Wildman–Crippen MR) is 168 cm³/mol. The Kier molecular flexibility index (Phi) is 5.42. The quantitative estimate of drug-likeness (QED) is 0.231. The summed E-state index contributed by atoms with van der Waals surface area (Å²) < 4.78 is 2.20. The average Bonchev–Trinajstić information content (AvgIpc) is 3.40. The molecule has 0 unspecified atom stereocenters. The van der Waals surface area contributed by atoms with Crippen LogP contribution in [0.15, 0.2) is 146 Å². The molecule has 8 rings (SSSR count). The number of rotatable bonds is 4. The maximum absolute atomic E-state index is 5.12. The first kappa shape index (κ1) is 23.3. The molecule has 0 saturated heterocycles. The maximum atomic E-state index is 5.12. The van der Waals surface area contributed by atoms with Gasteiger partial charge in [-0.15, -0.1) is 0 Å². The lowest BCUT2D eigenvalue weighted by Crippen LogP contribution is -2.06. The molecule has 2 aromatic heterocycles. The zero-order valence-electron chi connectivity index (χ0n) is 22.1. The SMILES string of the molecule is c1ccc(-c2ccc(-c3nc(-c4ccccc4)nc(-n4c5ccccc5c5ccc6ccccc6c54)n3)cc2)cc1. The molecule has 0 bridgehead atoms.